The average molecular weight is 364 g/mol. The highest BCUT2D eigenvalue weighted by atomic mass is 19.1. The highest BCUT2D eigenvalue weighted by Crippen LogP contribution is 2.28. The van der Waals surface area contributed by atoms with Crippen molar-refractivity contribution < 1.29 is 28.3 Å². The number of amides is 2. The van der Waals surface area contributed by atoms with Gasteiger partial charge in [0.15, 0.2) is 5.82 Å². The lowest BCUT2D eigenvalue weighted by atomic mass is 10.1. The maximum absolute atomic E-state index is 13.9. The molecule has 0 aliphatic carbocycles. The van der Waals surface area contributed by atoms with Gasteiger partial charge in [0.25, 0.3) is 0 Å². The molecular formula is C16H14F2N4O4. The fourth-order valence-corrected chi connectivity index (χ4v) is 2.70. The number of carbonyl (C=O) groups is 3. The van der Waals surface area contributed by atoms with Crippen LogP contribution in [0.2, 0.25) is 0 Å². The molecule has 1 unspecified atom stereocenters. The number of aliphatic carboxylic acids is 1. The van der Waals surface area contributed by atoms with Crippen LogP contribution in [0.4, 0.5) is 20.3 Å². The summed E-state index contributed by atoms with van der Waals surface area (Å²) >= 11 is 0. The topological polar surface area (TPSA) is 105 Å². The maximum atomic E-state index is 13.9. The van der Waals surface area contributed by atoms with Gasteiger partial charge in [-0.2, -0.15) is 5.10 Å². The maximum Gasteiger partial charge on any atom is 0.325 e. The predicted molar refractivity (Wildman–Crippen MR) is 85.3 cm³/mol. The van der Waals surface area contributed by atoms with E-state index in [0.717, 1.165) is 21.7 Å². The Labute approximate surface area is 146 Å². The van der Waals surface area contributed by atoms with Gasteiger partial charge in [0.05, 0.1) is 11.6 Å². The van der Waals surface area contributed by atoms with Crippen LogP contribution in [-0.4, -0.2) is 39.2 Å². The van der Waals surface area contributed by atoms with Crippen molar-refractivity contribution in [2.45, 2.75) is 13.0 Å². The zero-order valence-corrected chi connectivity index (χ0v) is 13.4. The van der Waals surface area contributed by atoms with Gasteiger partial charge >= 0.3 is 5.97 Å². The summed E-state index contributed by atoms with van der Waals surface area (Å²) in [6.45, 7) is -0.404. The van der Waals surface area contributed by atoms with E-state index in [0.29, 0.717) is 6.07 Å². The van der Waals surface area contributed by atoms with Gasteiger partial charge in [0.2, 0.25) is 11.8 Å². The van der Waals surface area contributed by atoms with Crippen molar-refractivity contribution in [3.63, 3.8) is 0 Å². The van der Waals surface area contributed by atoms with Crippen LogP contribution < -0.4 is 10.2 Å². The minimum Gasteiger partial charge on any atom is -0.480 e. The third kappa shape index (κ3) is 3.68. The number of carbonyl (C=O) groups excluding carboxylic acids is 2. The molecule has 0 saturated carbocycles. The molecule has 1 saturated heterocycles. The minimum atomic E-state index is -1.08. The van der Waals surface area contributed by atoms with E-state index in [1.54, 1.807) is 0 Å². The van der Waals surface area contributed by atoms with Crippen molar-refractivity contribution in [1.82, 2.24) is 9.78 Å². The second-order valence-corrected chi connectivity index (χ2v) is 5.78. The van der Waals surface area contributed by atoms with E-state index in [-0.39, 0.29) is 31.0 Å². The van der Waals surface area contributed by atoms with Gasteiger partial charge in [-0.15, -0.1) is 0 Å². The molecule has 136 valence electrons. The molecule has 1 aromatic carbocycles. The zero-order valence-electron chi connectivity index (χ0n) is 13.4. The Kier molecular flexibility index (Phi) is 4.65. The normalized spacial score (nSPS) is 16.8. The summed E-state index contributed by atoms with van der Waals surface area (Å²) in [5, 5.41) is 15.1. The van der Waals surface area contributed by atoms with Crippen LogP contribution in [0.3, 0.4) is 0 Å². The first-order valence-electron chi connectivity index (χ1n) is 7.65. The Hall–Kier alpha value is -3.30. The Morgan fingerprint density at radius 3 is 2.77 bits per heavy atom. The summed E-state index contributed by atoms with van der Waals surface area (Å²) in [5.74, 6) is -4.26. The van der Waals surface area contributed by atoms with E-state index in [9.17, 15) is 23.2 Å². The molecule has 2 aromatic rings. The highest BCUT2D eigenvalue weighted by Gasteiger charge is 2.36. The molecule has 1 aliphatic heterocycles. The fraction of sp³-hybridized carbons (Fsp3) is 0.250. The largest absolute Gasteiger partial charge is 0.480 e. The van der Waals surface area contributed by atoms with E-state index in [2.05, 4.69) is 10.4 Å². The fourth-order valence-electron chi connectivity index (χ4n) is 2.70. The van der Waals surface area contributed by atoms with Crippen molar-refractivity contribution in [2.24, 2.45) is 5.92 Å². The summed E-state index contributed by atoms with van der Waals surface area (Å²) < 4.78 is 28.0. The van der Waals surface area contributed by atoms with Crippen molar-refractivity contribution in [2.75, 3.05) is 16.8 Å². The number of nitrogens with zero attached hydrogens (tertiary/aromatic N) is 3. The van der Waals surface area contributed by atoms with Crippen LogP contribution in [-0.2, 0) is 20.9 Å². The number of carboxylic acid groups (broad SMARTS) is 1. The minimum absolute atomic E-state index is 0.0525. The molecule has 0 bridgehead atoms. The van der Waals surface area contributed by atoms with E-state index >= 15 is 0 Å². The number of halogens is 2. The molecule has 10 heteroatoms. The van der Waals surface area contributed by atoms with Gasteiger partial charge in [-0.3, -0.25) is 19.1 Å². The van der Waals surface area contributed by atoms with Crippen molar-refractivity contribution >= 4 is 29.3 Å². The molecule has 1 fully saturated rings. The highest BCUT2D eigenvalue weighted by molar-refractivity contribution is 6.03. The number of anilines is 2. The Balaban J connectivity index is 1.67. The van der Waals surface area contributed by atoms with Crippen LogP contribution in [0.5, 0.6) is 0 Å². The van der Waals surface area contributed by atoms with Crippen LogP contribution >= 0.6 is 0 Å². The summed E-state index contributed by atoms with van der Waals surface area (Å²) in [5.41, 5.74) is -0.0857. The molecule has 2 heterocycles. The molecule has 0 radical (unpaired) electrons. The zero-order chi connectivity index (χ0) is 18.8. The van der Waals surface area contributed by atoms with Gasteiger partial charge in [-0.05, 0) is 12.1 Å². The molecule has 0 spiro atoms. The van der Waals surface area contributed by atoms with Crippen LogP contribution in [0.1, 0.15) is 6.42 Å². The number of hydrogen-bond acceptors (Lipinski definition) is 4. The van der Waals surface area contributed by atoms with Crippen LogP contribution in [0, 0.1) is 17.6 Å². The first-order chi connectivity index (χ1) is 12.3. The second kappa shape index (κ2) is 6.90. The Bertz CT molecular complexity index is 883. The Morgan fingerprint density at radius 2 is 2.08 bits per heavy atom. The molecule has 26 heavy (non-hydrogen) atoms. The standard InChI is InChI=1S/C16H14F2N4O4/c17-10-1-2-12(11(18)6-10)22-7-9(5-14(22)23)16(26)19-13-3-4-21(20-13)8-15(24)25/h1-4,6,9H,5,7-8H2,(H,24,25)(H,19,20,26). The van der Waals surface area contributed by atoms with Crippen LogP contribution in [0.25, 0.3) is 0 Å². The number of rotatable bonds is 5. The first kappa shape index (κ1) is 17.5. The molecule has 1 aliphatic rings. The van der Waals surface area contributed by atoms with Crippen molar-refractivity contribution in [3.8, 4) is 0 Å². The van der Waals surface area contributed by atoms with Crippen molar-refractivity contribution in [1.29, 1.82) is 0 Å². The molecule has 1 aromatic heterocycles. The second-order valence-electron chi connectivity index (χ2n) is 5.78. The molecule has 2 amide bonds. The van der Waals surface area contributed by atoms with Gasteiger partial charge in [-0.1, -0.05) is 0 Å². The average Bonchev–Trinajstić information content (AvgIpc) is 3.13. The smallest absolute Gasteiger partial charge is 0.325 e. The molecule has 8 nitrogen and oxygen atoms in total. The lowest BCUT2D eigenvalue weighted by Crippen LogP contribution is -2.28. The van der Waals surface area contributed by atoms with E-state index in [4.69, 9.17) is 5.11 Å². The van der Waals surface area contributed by atoms with Gasteiger partial charge in [-0.25, -0.2) is 8.78 Å². The van der Waals surface area contributed by atoms with E-state index in [1.165, 1.54) is 12.3 Å². The third-order valence-corrected chi connectivity index (χ3v) is 3.89. The number of nitrogens with one attached hydrogen (secondary N) is 1. The SMILES string of the molecule is O=C(O)Cn1ccc(NC(=O)C2CC(=O)N(c3ccc(F)cc3F)C2)n1. The summed E-state index contributed by atoms with van der Waals surface area (Å²) in [7, 11) is 0. The van der Waals surface area contributed by atoms with Gasteiger partial charge in [0, 0.05) is 31.3 Å². The van der Waals surface area contributed by atoms with Gasteiger partial charge < -0.3 is 15.3 Å². The number of benzene rings is 1. The van der Waals surface area contributed by atoms with Crippen LogP contribution in [0.15, 0.2) is 30.5 Å². The van der Waals surface area contributed by atoms with Gasteiger partial charge in [0.1, 0.15) is 18.2 Å². The lowest BCUT2D eigenvalue weighted by molar-refractivity contribution is -0.137. The first-order valence-corrected chi connectivity index (χ1v) is 7.65. The van der Waals surface area contributed by atoms with Crippen molar-refractivity contribution in [3.05, 3.63) is 42.1 Å². The third-order valence-electron chi connectivity index (χ3n) is 3.89. The molecule has 3 rings (SSSR count). The summed E-state index contributed by atoms with van der Waals surface area (Å²) in [6.07, 6.45) is 1.27. The number of hydrogen-bond donors (Lipinski definition) is 2. The van der Waals surface area contributed by atoms with E-state index < -0.39 is 35.3 Å². The molecule has 1 atom stereocenters. The number of aromatic nitrogens is 2. The Morgan fingerprint density at radius 1 is 1.31 bits per heavy atom. The summed E-state index contributed by atoms with van der Waals surface area (Å²) in [4.78, 5) is 36.1. The predicted octanol–water partition coefficient (Wildman–Crippen LogP) is 1.24. The number of carboxylic acids is 1. The molecule has 2 N–H and O–H groups in total. The quantitative estimate of drug-likeness (QED) is 0.831. The summed E-state index contributed by atoms with van der Waals surface area (Å²) in [6, 6.07) is 4.28. The molecular weight excluding hydrogens is 350 g/mol. The monoisotopic (exact) mass is 364 g/mol. The van der Waals surface area contributed by atoms with E-state index in [1.807, 2.05) is 0 Å². The lowest BCUT2D eigenvalue weighted by Gasteiger charge is -2.17.